The van der Waals surface area contributed by atoms with Gasteiger partial charge < -0.3 is 31.2 Å². The largest absolute Gasteiger partial charge is 0.390 e. The second-order valence-corrected chi connectivity index (χ2v) is 14.1. The molecule has 6 rings (SSSR count). The zero-order valence-electron chi connectivity index (χ0n) is 23.4. The summed E-state index contributed by atoms with van der Waals surface area (Å²) in [5, 5.41) is 22.4. The van der Waals surface area contributed by atoms with E-state index in [0.717, 1.165) is 0 Å². The summed E-state index contributed by atoms with van der Waals surface area (Å²) < 4.78 is 55.5. The quantitative estimate of drug-likeness (QED) is 0.0763. The van der Waals surface area contributed by atoms with Crippen LogP contribution in [0.2, 0.25) is 0 Å². The lowest BCUT2D eigenvalue weighted by Gasteiger charge is -2.24. The van der Waals surface area contributed by atoms with Crippen molar-refractivity contribution in [1.82, 2.24) is 39.0 Å². The predicted octanol–water partition coefficient (Wildman–Crippen LogP) is 0.240. The number of nitrogen functional groups attached to an aromatic ring is 2. The number of hydrogen-bond acceptors (Lipinski definition) is 18. The molecule has 0 saturated carbocycles. The zero-order valence-corrected chi connectivity index (χ0v) is 27.0. The van der Waals surface area contributed by atoms with E-state index in [1.807, 2.05) is 0 Å². The first-order chi connectivity index (χ1) is 22.0. The number of nitrogens with one attached hydrogen (secondary N) is 1. The Morgan fingerprint density at radius 1 is 1.02 bits per heavy atom. The highest BCUT2D eigenvalue weighted by molar-refractivity contribution is 8.44. The summed E-state index contributed by atoms with van der Waals surface area (Å²) in [4.78, 5) is 35.1. The van der Waals surface area contributed by atoms with Gasteiger partial charge >= 0.3 is 15.5 Å². The normalized spacial score (nSPS) is 29.7. The van der Waals surface area contributed by atoms with Crippen molar-refractivity contribution in [2.24, 2.45) is 5.92 Å². The molecule has 9 atom stereocenters. The maximum atomic E-state index is 13.5. The number of ether oxygens (including phenoxy) is 2. The fourth-order valence-corrected chi connectivity index (χ4v) is 7.53. The molecule has 2 aliphatic rings. The monoisotopic (exact) mass is 718 g/mol. The number of aliphatic hydroxyl groups excluding tert-OH is 2. The van der Waals surface area contributed by atoms with Crippen LogP contribution in [-0.4, -0.2) is 98.7 Å². The van der Waals surface area contributed by atoms with Gasteiger partial charge in [-0.25, -0.2) is 29.1 Å². The first-order valence-corrected chi connectivity index (χ1v) is 17.6. The van der Waals surface area contributed by atoms with E-state index >= 15 is 0 Å². The van der Waals surface area contributed by atoms with Gasteiger partial charge in [-0.1, -0.05) is 12.2 Å². The Kier molecular flexibility index (Phi) is 9.66. The topological polar surface area (TPSA) is 280 Å². The smallest absolute Gasteiger partial charge is 0.386 e. The van der Waals surface area contributed by atoms with Crippen molar-refractivity contribution in [3.05, 3.63) is 29.3 Å². The second kappa shape index (κ2) is 13.4. The number of imidazole rings is 2. The molecule has 4 aromatic heterocycles. The highest BCUT2D eigenvalue weighted by atomic mass is 32.7. The van der Waals surface area contributed by atoms with E-state index in [2.05, 4.69) is 54.8 Å². The fourth-order valence-electron chi connectivity index (χ4n) is 5.53. The van der Waals surface area contributed by atoms with E-state index < -0.39 is 76.5 Å². The van der Waals surface area contributed by atoms with Gasteiger partial charge in [-0.3, -0.25) is 32.5 Å². The fraction of sp³-hybridized carbons (Fsp3) is 0.545. The van der Waals surface area contributed by atoms with E-state index in [0.29, 0.717) is 23.3 Å². The number of nitrogens with two attached hydrogens (primary N) is 2. The van der Waals surface area contributed by atoms with Crippen molar-refractivity contribution >= 4 is 74.5 Å². The number of nitrogens with zero attached hydrogens (tertiary/aromatic N) is 7. The van der Waals surface area contributed by atoms with Gasteiger partial charge in [0.15, 0.2) is 28.9 Å². The van der Waals surface area contributed by atoms with Gasteiger partial charge in [-0.15, -0.1) is 0 Å². The van der Waals surface area contributed by atoms with Crippen molar-refractivity contribution in [1.29, 1.82) is 0 Å². The van der Waals surface area contributed by atoms with E-state index in [1.165, 1.54) is 23.5 Å². The first-order valence-electron chi connectivity index (χ1n) is 13.6. The van der Waals surface area contributed by atoms with E-state index in [4.69, 9.17) is 34.5 Å². The minimum atomic E-state index is -4.31. The van der Waals surface area contributed by atoms with Crippen molar-refractivity contribution in [3.63, 3.8) is 0 Å². The summed E-state index contributed by atoms with van der Waals surface area (Å²) in [6.07, 6.45) is -3.87. The highest BCUT2D eigenvalue weighted by Crippen LogP contribution is 2.57. The Hall–Kier alpha value is -2.75. The standard InChI is InChI=1S/C22H28N10O10P2S2/c23-16-11-17(26-5-25-16)31(6-27-11)20-8(1-2-45)13(33)9(40-20)4-39-44(37,46)42-15-10(3-38-43-36)41-21(14(15)34)32-7-28-12-18(32)29-22(24)30-19(12)35/h5-10,13-15,20-21,33-34,45H,1-4H2,(H,37,46)(H2,23,25,26)(H3,24,29,30,35)/t8-,9-,10-,13+,14-,15-,20-,21-,44-/m1/s1. The lowest BCUT2D eigenvalue weighted by molar-refractivity contribution is -0.0479. The third-order valence-corrected chi connectivity index (χ3v) is 9.73. The third kappa shape index (κ3) is 6.27. The molecule has 7 N–H and O–H groups in total. The van der Waals surface area contributed by atoms with Crippen LogP contribution in [0.4, 0.5) is 11.8 Å². The summed E-state index contributed by atoms with van der Waals surface area (Å²) in [6, 6.07) is 0. The summed E-state index contributed by atoms with van der Waals surface area (Å²) in [5.74, 6) is -0.0943. The lowest BCUT2D eigenvalue weighted by atomic mass is 9.97. The highest BCUT2D eigenvalue weighted by Gasteiger charge is 2.50. The van der Waals surface area contributed by atoms with Crippen LogP contribution in [0.25, 0.3) is 22.3 Å². The number of aromatic nitrogens is 8. The van der Waals surface area contributed by atoms with Gasteiger partial charge in [-0.2, -0.15) is 17.6 Å². The predicted molar refractivity (Wildman–Crippen MR) is 165 cm³/mol. The van der Waals surface area contributed by atoms with Crippen LogP contribution in [0.3, 0.4) is 0 Å². The maximum absolute atomic E-state index is 13.5. The molecule has 0 amide bonds. The molecule has 0 aromatic carbocycles. The van der Waals surface area contributed by atoms with Crippen LogP contribution in [0.1, 0.15) is 18.9 Å². The molecular weight excluding hydrogens is 690 g/mol. The number of aromatic amines is 1. The number of anilines is 2. The number of thiol groups is 2. The van der Waals surface area contributed by atoms with Gasteiger partial charge in [0.25, 0.3) is 5.56 Å². The molecule has 20 nitrogen and oxygen atoms in total. The Balaban J connectivity index is 1.18. The SMILES string of the molecule is Nc1nc2c(ncn2[C@@H]2O[C@H](COP=O)[C@@H](O[P@](=O)(S)OC[C@H]3O[C@@H](n4cnc5c(N)ncnc54)[C@H](CCS)[C@@H]3O)[C@H]2O)c(=O)[nH]1. The van der Waals surface area contributed by atoms with Gasteiger partial charge in [0.2, 0.25) is 5.95 Å². The Morgan fingerprint density at radius 2 is 1.74 bits per heavy atom. The molecule has 0 unspecified atom stereocenters. The number of fused-ring (bicyclic) bond motifs is 2. The van der Waals surface area contributed by atoms with E-state index in [1.54, 1.807) is 4.57 Å². The molecule has 2 saturated heterocycles. The Labute approximate surface area is 270 Å². The van der Waals surface area contributed by atoms with Crippen LogP contribution in [0.15, 0.2) is 23.8 Å². The zero-order chi connectivity index (χ0) is 32.7. The molecule has 0 radical (unpaired) electrons. The van der Waals surface area contributed by atoms with Crippen LogP contribution in [0.5, 0.6) is 0 Å². The molecular formula is C22H28N10O10P2S2. The second-order valence-electron chi connectivity index (χ2n) is 10.4. The van der Waals surface area contributed by atoms with Crippen molar-refractivity contribution < 1.29 is 42.4 Å². The lowest BCUT2D eigenvalue weighted by Crippen LogP contribution is -2.36. The van der Waals surface area contributed by atoms with E-state index in [9.17, 15) is 24.1 Å². The average molecular weight is 719 g/mol. The number of hydrogen-bond donors (Lipinski definition) is 7. The molecule has 6 heterocycles. The molecule has 248 valence electrons. The van der Waals surface area contributed by atoms with Gasteiger partial charge in [0, 0.05) is 5.92 Å². The Bertz CT molecular complexity index is 1850. The summed E-state index contributed by atoms with van der Waals surface area (Å²) >= 11 is 8.40. The van der Waals surface area contributed by atoms with Crippen LogP contribution >= 0.6 is 40.4 Å². The maximum Gasteiger partial charge on any atom is 0.386 e. The van der Waals surface area contributed by atoms with Crippen molar-refractivity contribution in [3.8, 4) is 0 Å². The van der Waals surface area contributed by atoms with Crippen LogP contribution in [0, 0.1) is 5.92 Å². The van der Waals surface area contributed by atoms with Crippen molar-refractivity contribution in [2.45, 2.75) is 49.4 Å². The van der Waals surface area contributed by atoms with Gasteiger partial charge in [-0.05, 0) is 12.2 Å². The van der Waals surface area contributed by atoms with E-state index in [-0.39, 0.29) is 29.5 Å². The summed E-state index contributed by atoms with van der Waals surface area (Å²) in [5.41, 5.74) is 11.6. The summed E-state index contributed by atoms with van der Waals surface area (Å²) in [7, 11) is -0.688. The molecule has 0 bridgehead atoms. The average Bonchev–Trinajstić information content (AvgIpc) is 3.77. The third-order valence-electron chi connectivity index (χ3n) is 7.61. The minimum absolute atomic E-state index is 0.00427. The molecule has 0 aliphatic carbocycles. The Morgan fingerprint density at radius 3 is 2.48 bits per heavy atom. The molecule has 24 heteroatoms. The number of rotatable bonds is 12. The summed E-state index contributed by atoms with van der Waals surface area (Å²) in [6.45, 7) is -5.12. The minimum Gasteiger partial charge on any atom is -0.390 e. The van der Waals surface area contributed by atoms with Gasteiger partial charge in [0.1, 0.15) is 42.5 Å². The number of H-pyrrole nitrogens is 1. The molecule has 2 fully saturated rings. The van der Waals surface area contributed by atoms with Crippen LogP contribution in [-0.2, 0) is 32.2 Å². The van der Waals surface area contributed by atoms with Crippen LogP contribution < -0.4 is 17.0 Å². The number of aliphatic hydroxyl groups is 2. The van der Waals surface area contributed by atoms with Crippen molar-refractivity contribution in [2.75, 3.05) is 30.4 Å². The van der Waals surface area contributed by atoms with Gasteiger partial charge in [0.05, 0.1) is 32.0 Å². The molecule has 2 aliphatic heterocycles. The molecule has 0 spiro atoms. The molecule has 4 aromatic rings. The molecule has 46 heavy (non-hydrogen) atoms. The first kappa shape index (κ1) is 33.2.